The smallest absolute Gasteiger partial charge is 0.270 e. The number of aromatic nitrogens is 2. The fourth-order valence-electron chi connectivity index (χ4n) is 4.59. The summed E-state index contributed by atoms with van der Waals surface area (Å²) in [6.07, 6.45) is 8.43. The summed E-state index contributed by atoms with van der Waals surface area (Å²) < 4.78 is 42.3. The Hall–Kier alpha value is -2.11. The first-order chi connectivity index (χ1) is 13.8. The maximum absolute atomic E-state index is 15.3. The van der Waals surface area contributed by atoms with Crippen LogP contribution in [0.3, 0.4) is 0 Å². The van der Waals surface area contributed by atoms with Crippen LogP contribution in [0.2, 0.25) is 0 Å². The second-order valence-corrected chi connectivity index (χ2v) is 8.98. The van der Waals surface area contributed by atoms with E-state index < -0.39 is 5.92 Å². The van der Waals surface area contributed by atoms with E-state index in [0.717, 1.165) is 31.7 Å². The lowest BCUT2D eigenvalue weighted by atomic mass is 9.67. The predicted octanol–water partition coefficient (Wildman–Crippen LogP) is 6.19. The summed E-state index contributed by atoms with van der Waals surface area (Å²) in [7, 11) is 0. The molecule has 3 nitrogen and oxygen atoms in total. The Labute approximate surface area is 170 Å². The second-order valence-electron chi connectivity index (χ2n) is 8.98. The molecule has 2 aliphatic rings. The van der Waals surface area contributed by atoms with Crippen molar-refractivity contribution in [2.24, 2.45) is 5.41 Å². The SMILES string of the molecule is CC1(CCc2ncnc(N3CCCC3c3ccc(C(C)(F)F)cc3)c2F)CCC1. The van der Waals surface area contributed by atoms with Gasteiger partial charge in [0.2, 0.25) is 0 Å². The van der Waals surface area contributed by atoms with Crippen molar-refractivity contribution in [1.29, 1.82) is 0 Å². The maximum atomic E-state index is 15.3. The minimum absolute atomic E-state index is 0.00853. The molecule has 0 N–H and O–H groups in total. The first-order valence-electron chi connectivity index (χ1n) is 10.5. The van der Waals surface area contributed by atoms with E-state index in [0.29, 0.717) is 29.9 Å². The van der Waals surface area contributed by atoms with Crippen molar-refractivity contribution in [2.75, 3.05) is 11.4 Å². The first-order valence-corrected chi connectivity index (χ1v) is 10.5. The van der Waals surface area contributed by atoms with E-state index in [1.807, 2.05) is 4.90 Å². The molecule has 2 heterocycles. The van der Waals surface area contributed by atoms with Crippen LogP contribution in [0.15, 0.2) is 30.6 Å². The van der Waals surface area contributed by atoms with E-state index in [1.54, 1.807) is 12.1 Å². The van der Waals surface area contributed by atoms with Gasteiger partial charge in [0.15, 0.2) is 11.6 Å². The van der Waals surface area contributed by atoms with Gasteiger partial charge in [0.25, 0.3) is 5.92 Å². The Morgan fingerprint density at radius 2 is 1.86 bits per heavy atom. The highest BCUT2D eigenvalue weighted by Crippen LogP contribution is 2.44. The van der Waals surface area contributed by atoms with Crippen molar-refractivity contribution in [3.8, 4) is 0 Å². The zero-order valence-electron chi connectivity index (χ0n) is 17.1. The third-order valence-electron chi connectivity index (χ3n) is 6.70. The Bertz CT molecular complexity index is 857. The second kappa shape index (κ2) is 7.62. The highest BCUT2D eigenvalue weighted by Gasteiger charge is 2.33. The number of nitrogens with zero attached hydrogens (tertiary/aromatic N) is 3. The van der Waals surface area contributed by atoms with Gasteiger partial charge in [-0.3, -0.25) is 0 Å². The Morgan fingerprint density at radius 1 is 1.14 bits per heavy atom. The summed E-state index contributed by atoms with van der Waals surface area (Å²) in [5.41, 5.74) is 1.70. The first kappa shape index (κ1) is 20.2. The number of hydrogen-bond donors (Lipinski definition) is 0. The molecule has 1 aliphatic carbocycles. The number of halogens is 3. The van der Waals surface area contributed by atoms with Crippen LogP contribution in [0.1, 0.15) is 75.2 Å². The monoisotopic (exact) mass is 403 g/mol. The molecule has 1 unspecified atom stereocenters. The van der Waals surface area contributed by atoms with Crippen molar-refractivity contribution in [3.63, 3.8) is 0 Å². The summed E-state index contributed by atoms with van der Waals surface area (Å²) in [5.74, 6) is -2.86. The molecular formula is C23H28F3N3. The van der Waals surface area contributed by atoms with Crippen molar-refractivity contribution in [2.45, 2.75) is 70.8 Å². The molecule has 0 radical (unpaired) electrons. The molecule has 1 atom stereocenters. The Balaban J connectivity index is 1.54. The standard InChI is InChI=1S/C23H28F3N3/c1-22(11-4-12-22)13-10-18-20(24)21(28-15-27-18)29-14-3-5-19(29)16-6-8-17(9-7-16)23(2,25)26/h6-9,15,19H,3-5,10-14H2,1-2H3. The van der Waals surface area contributed by atoms with Crippen molar-refractivity contribution in [1.82, 2.24) is 9.97 Å². The summed E-state index contributed by atoms with van der Waals surface area (Å²) in [4.78, 5) is 10.4. The summed E-state index contributed by atoms with van der Waals surface area (Å²) in [6.45, 7) is 3.85. The van der Waals surface area contributed by atoms with Crippen LogP contribution in [0, 0.1) is 11.2 Å². The van der Waals surface area contributed by atoms with Crippen molar-refractivity contribution in [3.05, 3.63) is 53.2 Å². The Kier molecular flexibility index (Phi) is 5.30. The van der Waals surface area contributed by atoms with Crippen LogP contribution in [-0.2, 0) is 12.3 Å². The van der Waals surface area contributed by atoms with Crippen LogP contribution in [0.25, 0.3) is 0 Å². The van der Waals surface area contributed by atoms with Crippen molar-refractivity contribution >= 4 is 5.82 Å². The molecule has 0 bridgehead atoms. The highest BCUT2D eigenvalue weighted by atomic mass is 19.3. The summed E-state index contributed by atoms with van der Waals surface area (Å²) in [6, 6.07) is 6.33. The van der Waals surface area contributed by atoms with Crippen LogP contribution < -0.4 is 4.90 Å². The van der Waals surface area contributed by atoms with E-state index in [9.17, 15) is 8.78 Å². The molecule has 6 heteroatoms. The number of rotatable bonds is 6. The average molecular weight is 403 g/mol. The van der Waals surface area contributed by atoms with Gasteiger partial charge in [-0.25, -0.2) is 23.1 Å². The normalized spacial score (nSPS) is 21.3. The number of aryl methyl sites for hydroxylation is 1. The van der Waals surface area contributed by atoms with Gasteiger partial charge in [-0.15, -0.1) is 0 Å². The van der Waals surface area contributed by atoms with Gasteiger partial charge in [0.1, 0.15) is 6.33 Å². The van der Waals surface area contributed by atoms with Crippen LogP contribution in [-0.4, -0.2) is 16.5 Å². The third kappa shape index (κ3) is 4.12. The molecule has 156 valence electrons. The number of benzene rings is 1. The van der Waals surface area contributed by atoms with Crippen LogP contribution >= 0.6 is 0 Å². The van der Waals surface area contributed by atoms with Gasteiger partial charge in [-0.05, 0) is 49.5 Å². The lowest BCUT2D eigenvalue weighted by Crippen LogP contribution is -2.27. The third-order valence-corrected chi connectivity index (χ3v) is 6.70. The predicted molar refractivity (Wildman–Crippen MR) is 108 cm³/mol. The summed E-state index contributed by atoms with van der Waals surface area (Å²) in [5, 5.41) is 0. The topological polar surface area (TPSA) is 29.0 Å². The zero-order chi connectivity index (χ0) is 20.6. The molecule has 0 amide bonds. The van der Waals surface area contributed by atoms with Gasteiger partial charge in [-0.2, -0.15) is 0 Å². The van der Waals surface area contributed by atoms with Gasteiger partial charge in [0.05, 0.1) is 11.7 Å². The molecule has 29 heavy (non-hydrogen) atoms. The van der Waals surface area contributed by atoms with Gasteiger partial charge < -0.3 is 4.90 Å². The minimum atomic E-state index is -2.86. The molecule has 1 saturated carbocycles. The van der Waals surface area contributed by atoms with Crippen molar-refractivity contribution < 1.29 is 13.2 Å². The molecular weight excluding hydrogens is 375 g/mol. The molecule has 1 aromatic carbocycles. The maximum Gasteiger partial charge on any atom is 0.270 e. The fraction of sp³-hybridized carbons (Fsp3) is 0.565. The molecule has 1 aliphatic heterocycles. The Morgan fingerprint density at radius 3 is 2.48 bits per heavy atom. The average Bonchev–Trinajstić information content (AvgIpc) is 3.14. The molecule has 1 aromatic heterocycles. The quantitative estimate of drug-likeness (QED) is 0.576. The molecule has 1 saturated heterocycles. The van der Waals surface area contributed by atoms with Crippen LogP contribution in [0.5, 0.6) is 0 Å². The fourth-order valence-corrected chi connectivity index (χ4v) is 4.59. The van der Waals surface area contributed by atoms with Gasteiger partial charge >= 0.3 is 0 Å². The number of hydrogen-bond acceptors (Lipinski definition) is 3. The van der Waals surface area contributed by atoms with Gasteiger partial charge in [0, 0.05) is 19.0 Å². The van der Waals surface area contributed by atoms with Gasteiger partial charge in [-0.1, -0.05) is 37.6 Å². The van der Waals surface area contributed by atoms with E-state index in [2.05, 4.69) is 16.9 Å². The molecule has 0 spiro atoms. The highest BCUT2D eigenvalue weighted by molar-refractivity contribution is 5.46. The molecule has 4 rings (SSSR count). The lowest BCUT2D eigenvalue weighted by Gasteiger charge is -2.38. The van der Waals surface area contributed by atoms with E-state index in [-0.39, 0.29) is 17.4 Å². The van der Waals surface area contributed by atoms with E-state index in [1.165, 1.54) is 37.7 Å². The number of alkyl halides is 2. The zero-order valence-corrected chi connectivity index (χ0v) is 17.1. The molecule has 2 aromatic rings. The van der Waals surface area contributed by atoms with Crippen LogP contribution in [0.4, 0.5) is 19.0 Å². The van der Waals surface area contributed by atoms with E-state index in [4.69, 9.17) is 0 Å². The van der Waals surface area contributed by atoms with E-state index >= 15 is 4.39 Å². The summed E-state index contributed by atoms with van der Waals surface area (Å²) >= 11 is 0. The molecule has 2 fully saturated rings. The lowest BCUT2D eigenvalue weighted by molar-refractivity contribution is 0.0174. The minimum Gasteiger partial charge on any atom is -0.347 e. The number of anilines is 1. The largest absolute Gasteiger partial charge is 0.347 e.